The second kappa shape index (κ2) is 6.65. The SMILES string of the molecule is CC1CCC(NC(=S)Nc2ccc([N+](=O)[O-])cc2)CC1. The van der Waals surface area contributed by atoms with Crippen molar-refractivity contribution in [2.75, 3.05) is 5.32 Å². The molecule has 0 amide bonds. The lowest BCUT2D eigenvalue weighted by Crippen LogP contribution is -2.39. The Morgan fingerprint density at radius 3 is 2.40 bits per heavy atom. The number of nitro groups is 1. The van der Waals surface area contributed by atoms with Crippen molar-refractivity contribution < 1.29 is 4.92 Å². The van der Waals surface area contributed by atoms with E-state index in [1.807, 2.05) is 0 Å². The number of non-ortho nitro benzene ring substituents is 1. The molecule has 0 aliphatic heterocycles. The van der Waals surface area contributed by atoms with E-state index in [1.54, 1.807) is 12.1 Å². The molecule has 0 saturated heterocycles. The summed E-state index contributed by atoms with van der Waals surface area (Å²) < 4.78 is 0. The summed E-state index contributed by atoms with van der Waals surface area (Å²) in [6.45, 7) is 2.28. The minimum atomic E-state index is -0.413. The van der Waals surface area contributed by atoms with Crippen LogP contribution in [0.1, 0.15) is 32.6 Å². The average Bonchev–Trinajstić information content (AvgIpc) is 2.42. The molecular weight excluding hydrogens is 274 g/mol. The molecule has 1 saturated carbocycles. The first-order valence-electron chi connectivity index (χ1n) is 6.86. The predicted molar refractivity (Wildman–Crippen MR) is 83.9 cm³/mol. The van der Waals surface area contributed by atoms with Gasteiger partial charge in [-0.25, -0.2) is 0 Å². The molecule has 108 valence electrons. The molecule has 1 fully saturated rings. The average molecular weight is 293 g/mol. The van der Waals surface area contributed by atoms with Crippen molar-refractivity contribution in [3.05, 3.63) is 34.4 Å². The van der Waals surface area contributed by atoms with E-state index in [-0.39, 0.29) is 5.69 Å². The molecule has 20 heavy (non-hydrogen) atoms. The minimum Gasteiger partial charge on any atom is -0.360 e. The standard InChI is InChI=1S/C14H19N3O2S/c1-10-2-4-11(5-3-10)15-14(20)16-12-6-8-13(9-7-12)17(18)19/h6-11H,2-5H2,1H3,(H2,15,16,20). The third-order valence-electron chi connectivity index (χ3n) is 3.69. The number of hydrogen-bond acceptors (Lipinski definition) is 3. The molecule has 0 spiro atoms. The number of nitrogens with one attached hydrogen (secondary N) is 2. The molecule has 0 unspecified atom stereocenters. The van der Waals surface area contributed by atoms with Gasteiger partial charge in [-0.1, -0.05) is 6.92 Å². The van der Waals surface area contributed by atoms with Gasteiger partial charge in [0.1, 0.15) is 0 Å². The van der Waals surface area contributed by atoms with Gasteiger partial charge in [-0.2, -0.15) is 0 Å². The van der Waals surface area contributed by atoms with E-state index in [0.29, 0.717) is 11.2 Å². The Bertz CT molecular complexity index is 482. The first-order chi connectivity index (χ1) is 9.54. The van der Waals surface area contributed by atoms with Crippen molar-refractivity contribution in [1.82, 2.24) is 5.32 Å². The molecule has 0 radical (unpaired) electrons. The summed E-state index contributed by atoms with van der Waals surface area (Å²) in [6.07, 6.45) is 4.75. The Morgan fingerprint density at radius 1 is 1.25 bits per heavy atom. The predicted octanol–water partition coefficient (Wildman–Crippen LogP) is 3.46. The summed E-state index contributed by atoms with van der Waals surface area (Å²) in [5.74, 6) is 0.809. The zero-order valence-corrected chi connectivity index (χ0v) is 12.3. The largest absolute Gasteiger partial charge is 0.360 e. The lowest BCUT2D eigenvalue weighted by atomic mass is 9.87. The molecule has 5 nitrogen and oxygen atoms in total. The van der Waals surface area contributed by atoms with Crippen molar-refractivity contribution in [1.29, 1.82) is 0 Å². The van der Waals surface area contributed by atoms with Crippen LogP contribution in [0.3, 0.4) is 0 Å². The number of anilines is 1. The molecule has 6 heteroatoms. The van der Waals surface area contributed by atoms with Crippen LogP contribution in [-0.2, 0) is 0 Å². The topological polar surface area (TPSA) is 67.2 Å². The fraction of sp³-hybridized carbons (Fsp3) is 0.500. The van der Waals surface area contributed by atoms with Crippen molar-refractivity contribution in [2.24, 2.45) is 5.92 Å². The van der Waals surface area contributed by atoms with Crippen LogP contribution in [0, 0.1) is 16.0 Å². The van der Waals surface area contributed by atoms with E-state index in [4.69, 9.17) is 12.2 Å². The van der Waals surface area contributed by atoms with Gasteiger partial charge in [0.05, 0.1) is 4.92 Å². The number of nitrogens with zero attached hydrogens (tertiary/aromatic N) is 1. The van der Waals surface area contributed by atoms with E-state index >= 15 is 0 Å². The molecule has 0 aromatic heterocycles. The van der Waals surface area contributed by atoms with Crippen LogP contribution in [0.15, 0.2) is 24.3 Å². The van der Waals surface area contributed by atoms with Crippen LogP contribution in [0.25, 0.3) is 0 Å². The molecule has 1 aliphatic carbocycles. The van der Waals surface area contributed by atoms with E-state index in [2.05, 4.69) is 17.6 Å². The lowest BCUT2D eigenvalue weighted by molar-refractivity contribution is -0.384. The lowest BCUT2D eigenvalue weighted by Gasteiger charge is -2.28. The number of rotatable bonds is 3. The van der Waals surface area contributed by atoms with Crippen molar-refractivity contribution in [3.8, 4) is 0 Å². The molecule has 0 bridgehead atoms. The van der Waals surface area contributed by atoms with Crippen LogP contribution in [0.4, 0.5) is 11.4 Å². The van der Waals surface area contributed by atoms with Gasteiger partial charge in [-0.05, 0) is 56.0 Å². The number of nitro benzene ring substituents is 1. The second-order valence-electron chi connectivity index (χ2n) is 5.36. The fourth-order valence-electron chi connectivity index (χ4n) is 2.42. The first-order valence-corrected chi connectivity index (χ1v) is 7.27. The first kappa shape index (κ1) is 14.7. The van der Waals surface area contributed by atoms with Gasteiger partial charge in [0, 0.05) is 23.9 Å². The summed E-state index contributed by atoms with van der Waals surface area (Å²) in [6, 6.07) is 6.69. The second-order valence-corrected chi connectivity index (χ2v) is 5.77. The normalized spacial score (nSPS) is 22.1. The van der Waals surface area contributed by atoms with Crippen molar-refractivity contribution >= 4 is 28.7 Å². The molecule has 2 N–H and O–H groups in total. The van der Waals surface area contributed by atoms with E-state index in [9.17, 15) is 10.1 Å². The van der Waals surface area contributed by atoms with Crippen LogP contribution in [0.2, 0.25) is 0 Å². The summed E-state index contributed by atoms with van der Waals surface area (Å²) in [7, 11) is 0. The van der Waals surface area contributed by atoms with Gasteiger partial charge in [0.25, 0.3) is 5.69 Å². The summed E-state index contributed by atoms with van der Waals surface area (Å²) in [4.78, 5) is 10.2. The molecule has 0 atom stereocenters. The van der Waals surface area contributed by atoms with Gasteiger partial charge in [0.2, 0.25) is 0 Å². The van der Waals surface area contributed by atoms with Gasteiger partial charge < -0.3 is 10.6 Å². The Labute approximate surface area is 123 Å². The molecule has 1 aromatic carbocycles. The smallest absolute Gasteiger partial charge is 0.269 e. The highest BCUT2D eigenvalue weighted by Crippen LogP contribution is 2.23. The third kappa shape index (κ3) is 4.16. The van der Waals surface area contributed by atoms with E-state index in [1.165, 1.54) is 25.0 Å². The van der Waals surface area contributed by atoms with Crippen molar-refractivity contribution in [3.63, 3.8) is 0 Å². The van der Waals surface area contributed by atoms with E-state index < -0.39 is 4.92 Å². The monoisotopic (exact) mass is 293 g/mol. The molecule has 1 aromatic rings. The van der Waals surface area contributed by atoms with Crippen molar-refractivity contribution in [2.45, 2.75) is 38.6 Å². The number of benzene rings is 1. The Balaban J connectivity index is 1.83. The molecular formula is C14H19N3O2S. The Hall–Kier alpha value is -1.69. The highest BCUT2D eigenvalue weighted by Gasteiger charge is 2.18. The highest BCUT2D eigenvalue weighted by atomic mass is 32.1. The maximum atomic E-state index is 10.6. The van der Waals surface area contributed by atoms with E-state index in [0.717, 1.165) is 24.4 Å². The summed E-state index contributed by atoms with van der Waals surface area (Å²) in [5, 5.41) is 17.5. The van der Waals surface area contributed by atoms with Crippen LogP contribution < -0.4 is 10.6 Å². The van der Waals surface area contributed by atoms with Gasteiger partial charge in [0.15, 0.2) is 5.11 Å². The maximum absolute atomic E-state index is 10.6. The molecule has 1 aliphatic rings. The minimum absolute atomic E-state index is 0.0793. The van der Waals surface area contributed by atoms with Gasteiger partial charge in [-0.15, -0.1) is 0 Å². The van der Waals surface area contributed by atoms with Gasteiger partial charge in [-0.3, -0.25) is 10.1 Å². The maximum Gasteiger partial charge on any atom is 0.269 e. The Kier molecular flexibility index (Phi) is 4.89. The molecule has 0 heterocycles. The fourth-order valence-corrected chi connectivity index (χ4v) is 2.71. The summed E-state index contributed by atoms with van der Waals surface area (Å²) in [5.41, 5.74) is 0.841. The quantitative estimate of drug-likeness (QED) is 0.507. The molecule has 2 rings (SSSR count). The number of hydrogen-bond donors (Lipinski definition) is 2. The zero-order valence-electron chi connectivity index (χ0n) is 11.5. The number of thiocarbonyl (C=S) groups is 1. The van der Waals surface area contributed by atoms with Crippen LogP contribution in [-0.4, -0.2) is 16.1 Å². The highest BCUT2D eigenvalue weighted by molar-refractivity contribution is 7.80. The van der Waals surface area contributed by atoms with Crippen LogP contribution in [0.5, 0.6) is 0 Å². The summed E-state index contributed by atoms with van der Waals surface area (Å²) >= 11 is 5.27. The van der Waals surface area contributed by atoms with Gasteiger partial charge >= 0.3 is 0 Å². The third-order valence-corrected chi connectivity index (χ3v) is 3.91. The van der Waals surface area contributed by atoms with Crippen LogP contribution >= 0.6 is 12.2 Å². The Morgan fingerprint density at radius 2 is 1.85 bits per heavy atom. The zero-order chi connectivity index (χ0) is 14.5.